The van der Waals surface area contributed by atoms with Crippen LogP contribution in [0.1, 0.15) is 19.4 Å². The highest BCUT2D eigenvalue weighted by molar-refractivity contribution is 5.81. The summed E-state index contributed by atoms with van der Waals surface area (Å²) in [6, 6.07) is 7.25. The van der Waals surface area contributed by atoms with Gasteiger partial charge in [0.05, 0.1) is 12.1 Å². The Hall–Kier alpha value is -1.55. The van der Waals surface area contributed by atoms with Gasteiger partial charge in [0.1, 0.15) is 12.4 Å². The topological polar surface area (TPSA) is 64.3 Å². The van der Waals surface area contributed by atoms with Gasteiger partial charge in [-0.1, -0.05) is 17.7 Å². The zero-order valence-electron chi connectivity index (χ0n) is 10.6. The van der Waals surface area contributed by atoms with Gasteiger partial charge in [0.15, 0.2) is 0 Å². The van der Waals surface area contributed by atoms with Crippen molar-refractivity contribution in [2.75, 3.05) is 6.61 Å². The third kappa shape index (κ3) is 4.87. The van der Waals surface area contributed by atoms with Crippen LogP contribution in [0, 0.1) is 6.92 Å². The summed E-state index contributed by atoms with van der Waals surface area (Å²) in [6.45, 7) is 5.99. The molecule has 0 saturated carbocycles. The number of rotatable bonds is 5. The van der Waals surface area contributed by atoms with Crippen molar-refractivity contribution in [3.05, 3.63) is 29.8 Å². The summed E-state index contributed by atoms with van der Waals surface area (Å²) in [4.78, 5) is 11.3. The second kappa shape index (κ2) is 6.25. The van der Waals surface area contributed by atoms with Crippen molar-refractivity contribution in [1.29, 1.82) is 0 Å². The molecule has 0 radical (unpaired) electrons. The van der Waals surface area contributed by atoms with E-state index >= 15 is 0 Å². The molecule has 17 heavy (non-hydrogen) atoms. The molecule has 0 aliphatic rings. The molecule has 2 unspecified atom stereocenters. The molecule has 94 valence electrons. The number of aryl methyl sites for hydroxylation is 1. The highest BCUT2D eigenvalue weighted by Crippen LogP contribution is 2.11. The van der Waals surface area contributed by atoms with Gasteiger partial charge in [0.2, 0.25) is 5.91 Å². The van der Waals surface area contributed by atoms with Crippen LogP contribution < -0.4 is 15.8 Å². The number of carbonyl (C=O) groups excluding carboxylic acids is 1. The number of carbonyl (C=O) groups is 1. The van der Waals surface area contributed by atoms with Crippen molar-refractivity contribution in [2.45, 2.75) is 32.9 Å². The summed E-state index contributed by atoms with van der Waals surface area (Å²) in [5.41, 5.74) is 6.65. The number of nitrogens with one attached hydrogen (secondary N) is 1. The number of hydrogen-bond acceptors (Lipinski definition) is 3. The number of amides is 1. The van der Waals surface area contributed by atoms with E-state index < -0.39 is 6.04 Å². The molecule has 0 saturated heterocycles. The van der Waals surface area contributed by atoms with E-state index in [9.17, 15) is 4.79 Å². The first kappa shape index (κ1) is 13.5. The fourth-order valence-corrected chi connectivity index (χ4v) is 1.27. The lowest BCUT2D eigenvalue weighted by atomic mass is 10.2. The quantitative estimate of drug-likeness (QED) is 0.808. The van der Waals surface area contributed by atoms with Crippen LogP contribution in [-0.2, 0) is 4.79 Å². The average molecular weight is 236 g/mol. The lowest BCUT2D eigenvalue weighted by Gasteiger charge is -2.16. The van der Waals surface area contributed by atoms with E-state index in [0.717, 1.165) is 5.75 Å². The number of ether oxygens (including phenoxy) is 1. The third-order valence-electron chi connectivity index (χ3n) is 2.32. The van der Waals surface area contributed by atoms with E-state index in [1.807, 2.05) is 38.1 Å². The molecule has 0 bridgehead atoms. The van der Waals surface area contributed by atoms with Crippen molar-refractivity contribution in [2.24, 2.45) is 5.73 Å². The summed E-state index contributed by atoms with van der Waals surface area (Å²) in [7, 11) is 0. The summed E-state index contributed by atoms with van der Waals surface area (Å²) >= 11 is 0. The van der Waals surface area contributed by atoms with Gasteiger partial charge in [-0.05, 0) is 32.9 Å². The van der Waals surface area contributed by atoms with Crippen LogP contribution in [0.5, 0.6) is 5.75 Å². The van der Waals surface area contributed by atoms with E-state index in [4.69, 9.17) is 10.5 Å². The SMILES string of the molecule is Cc1ccc(OCC(C)NC(=O)C(C)N)cc1. The van der Waals surface area contributed by atoms with Crippen LogP contribution >= 0.6 is 0 Å². The third-order valence-corrected chi connectivity index (χ3v) is 2.32. The molecule has 1 amide bonds. The monoisotopic (exact) mass is 236 g/mol. The van der Waals surface area contributed by atoms with Gasteiger partial charge in [-0.3, -0.25) is 4.79 Å². The molecule has 0 aromatic heterocycles. The maximum atomic E-state index is 11.3. The first-order valence-corrected chi connectivity index (χ1v) is 5.74. The van der Waals surface area contributed by atoms with E-state index in [1.165, 1.54) is 5.56 Å². The molecule has 0 heterocycles. The molecule has 0 aliphatic carbocycles. The molecular weight excluding hydrogens is 216 g/mol. The average Bonchev–Trinajstić information content (AvgIpc) is 2.28. The Labute approximate surface area is 102 Å². The number of hydrogen-bond donors (Lipinski definition) is 2. The number of benzene rings is 1. The van der Waals surface area contributed by atoms with E-state index in [1.54, 1.807) is 6.92 Å². The van der Waals surface area contributed by atoms with Gasteiger partial charge in [-0.25, -0.2) is 0 Å². The highest BCUT2D eigenvalue weighted by atomic mass is 16.5. The lowest BCUT2D eigenvalue weighted by Crippen LogP contribution is -2.44. The second-order valence-electron chi connectivity index (χ2n) is 4.32. The molecule has 0 spiro atoms. The Balaban J connectivity index is 2.35. The maximum absolute atomic E-state index is 11.3. The Morgan fingerprint density at radius 1 is 1.35 bits per heavy atom. The minimum Gasteiger partial charge on any atom is -0.491 e. The van der Waals surface area contributed by atoms with E-state index in [2.05, 4.69) is 5.32 Å². The largest absolute Gasteiger partial charge is 0.491 e. The zero-order valence-corrected chi connectivity index (χ0v) is 10.6. The summed E-state index contributed by atoms with van der Waals surface area (Å²) < 4.78 is 5.55. The minimum absolute atomic E-state index is 0.0604. The van der Waals surface area contributed by atoms with Crippen molar-refractivity contribution in [3.8, 4) is 5.75 Å². The second-order valence-corrected chi connectivity index (χ2v) is 4.32. The summed E-state index contributed by atoms with van der Waals surface area (Å²) in [5, 5.41) is 2.77. The predicted octanol–water partition coefficient (Wildman–Crippen LogP) is 1.23. The Kier molecular flexibility index (Phi) is 4.97. The van der Waals surface area contributed by atoms with Crippen LogP contribution in [0.25, 0.3) is 0 Å². The van der Waals surface area contributed by atoms with Gasteiger partial charge in [0, 0.05) is 0 Å². The van der Waals surface area contributed by atoms with Crippen LogP contribution in [0.4, 0.5) is 0 Å². The van der Waals surface area contributed by atoms with Gasteiger partial charge < -0.3 is 15.8 Å². The molecule has 1 aromatic rings. The molecule has 2 atom stereocenters. The van der Waals surface area contributed by atoms with E-state index in [-0.39, 0.29) is 11.9 Å². The first-order valence-electron chi connectivity index (χ1n) is 5.74. The predicted molar refractivity (Wildman–Crippen MR) is 67.9 cm³/mol. The summed E-state index contributed by atoms with van der Waals surface area (Å²) in [6.07, 6.45) is 0. The smallest absolute Gasteiger partial charge is 0.236 e. The molecule has 3 N–H and O–H groups in total. The van der Waals surface area contributed by atoms with Crippen LogP contribution in [0.3, 0.4) is 0 Å². The van der Waals surface area contributed by atoms with E-state index in [0.29, 0.717) is 6.61 Å². The highest BCUT2D eigenvalue weighted by Gasteiger charge is 2.11. The summed E-state index contributed by atoms with van der Waals surface area (Å²) in [5.74, 6) is 0.641. The van der Waals surface area contributed by atoms with Gasteiger partial charge in [-0.2, -0.15) is 0 Å². The number of nitrogens with two attached hydrogens (primary N) is 1. The Bertz CT molecular complexity index is 360. The van der Waals surface area contributed by atoms with Crippen LogP contribution in [0.15, 0.2) is 24.3 Å². The molecule has 1 rings (SSSR count). The van der Waals surface area contributed by atoms with Crippen molar-refractivity contribution in [1.82, 2.24) is 5.32 Å². The fourth-order valence-electron chi connectivity index (χ4n) is 1.27. The van der Waals surface area contributed by atoms with Crippen molar-refractivity contribution >= 4 is 5.91 Å². The van der Waals surface area contributed by atoms with Gasteiger partial charge in [0.25, 0.3) is 0 Å². The van der Waals surface area contributed by atoms with Gasteiger partial charge in [-0.15, -0.1) is 0 Å². The molecule has 4 nitrogen and oxygen atoms in total. The first-order chi connectivity index (χ1) is 7.99. The van der Waals surface area contributed by atoms with Gasteiger partial charge >= 0.3 is 0 Å². The minimum atomic E-state index is -0.489. The molecule has 4 heteroatoms. The van der Waals surface area contributed by atoms with Crippen LogP contribution in [0.2, 0.25) is 0 Å². The van der Waals surface area contributed by atoms with Crippen molar-refractivity contribution in [3.63, 3.8) is 0 Å². The standard InChI is InChI=1S/C13H20N2O2/c1-9-4-6-12(7-5-9)17-8-10(2)15-13(16)11(3)14/h4-7,10-11H,8,14H2,1-3H3,(H,15,16). The molecular formula is C13H20N2O2. The lowest BCUT2D eigenvalue weighted by molar-refractivity contribution is -0.122. The fraction of sp³-hybridized carbons (Fsp3) is 0.462. The zero-order chi connectivity index (χ0) is 12.8. The molecule has 0 fully saturated rings. The Morgan fingerprint density at radius 2 is 1.94 bits per heavy atom. The van der Waals surface area contributed by atoms with Crippen LogP contribution in [-0.4, -0.2) is 24.6 Å². The maximum Gasteiger partial charge on any atom is 0.236 e. The normalized spacial score (nSPS) is 13.9. The molecule has 1 aromatic carbocycles. The Morgan fingerprint density at radius 3 is 2.47 bits per heavy atom. The van der Waals surface area contributed by atoms with Crippen molar-refractivity contribution < 1.29 is 9.53 Å². The molecule has 0 aliphatic heterocycles.